The van der Waals surface area contributed by atoms with E-state index in [9.17, 15) is 14.4 Å². The summed E-state index contributed by atoms with van der Waals surface area (Å²) in [6.45, 7) is 0.758. The van der Waals surface area contributed by atoms with Crippen LogP contribution in [0.3, 0.4) is 0 Å². The molecule has 0 bridgehead atoms. The Morgan fingerprint density at radius 3 is 2.70 bits per heavy atom. The minimum atomic E-state index is -1.20. The first-order valence-corrected chi connectivity index (χ1v) is 5.64. The van der Waals surface area contributed by atoms with E-state index in [-0.39, 0.29) is 6.54 Å². The molecule has 1 aromatic heterocycles. The molecule has 1 rings (SSSR count). The van der Waals surface area contributed by atoms with E-state index in [1.165, 1.54) is 0 Å². The molecule has 1 aromatic rings. The summed E-state index contributed by atoms with van der Waals surface area (Å²) in [7, 11) is 0. The second-order valence-electron chi connectivity index (χ2n) is 3.68. The molecular weight excluding hydrogens is 272 g/mol. The molecule has 0 unspecified atom stereocenters. The third-order valence-electron chi connectivity index (χ3n) is 1.91. The number of carboxylic acids is 1. The van der Waals surface area contributed by atoms with Gasteiger partial charge in [-0.05, 0) is 6.92 Å². The minimum absolute atomic E-state index is 0.205. The lowest BCUT2D eigenvalue weighted by molar-refractivity contribution is -0.143. The maximum absolute atomic E-state index is 11.3. The number of aryl methyl sites for hydroxylation is 1. The van der Waals surface area contributed by atoms with E-state index in [4.69, 9.17) is 9.63 Å². The van der Waals surface area contributed by atoms with Gasteiger partial charge in [0.25, 0.3) is 5.91 Å². The van der Waals surface area contributed by atoms with Crippen molar-refractivity contribution in [3.05, 3.63) is 11.7 Å². The van der Waals surface area contributed by atoms with Gasteiger partial charge in [-0.15, -0.1) is 0 Å². The summed E-state index contributed by atoms with van der Waals surface area (Å²) in [6, 6.07) is -0.717. The summed E-state index contributed by atoms with van der Waals surface area (Å²) in [5.74, 6) is -1.07. The molecule has 3 N–H and O–H groups in total. The van der Waals surface area contributed by atoms with Gasteiger partial charge in [0.15, 0.2) is 5.82 Å². The van der Waals surface area contributed by atoms with Crippen molar-refractivity contribution in [2.75, 3.05) is 19.8 Å². The molecular formula is C10H14N4O6. The fraction of sp³-hybridized carbons (Fsp3) is 0.500. The summed E-state index contributed by atoms with van der Waals surface area (Å²) in [4.78, 5) is 36.5. The highest BCUT2D eigenvalue weighted by atomic mass is 16.5. The van der Waals surface area contributed by atoms with Crippen molar-refractivity contribution in [1.29, 1.82) is 0 Å². The van der Waals surface area contributed by atoms with Crippen LogP contribution in [0.25, 0.3) is 0 Å². The average Bonchev–Trinajstić information content (AvgIpc) is 2.74. The topological polar surface area (TPSA) is 144 Å². The van der Waals surface area contributed by atoms with Crippen molar-refractivity contribution in [3.8, 4) is 0 Å². The molecule has 0 fully saturated rings. The third-order valence-corrected chi connectivity index (χ3v) is 1.91. The summed E-state index contributed by atoms with van der Waals surface area (Å²) in [6.07, 6.45) is 0.331. The SMILES string of the molecule is Cc1noc(CCNC(=O)NC(=O)COCC(=O)O)n1. The van der Waals surface area contributed by atoms with Gasteiger partial charge in [0.2, 0.25) is 5.89 Å². The molecule has 0 radical (unpaired) electrons. The van der Waals surface area contributed by atoms with Crippen LogP contribution in [0, 0.1) is 6.92 Å². The quantitative estimate of drug-likeness (QED) is 0.569. The fourth-order valence-corrected chi connectivity index (χ4v) is 1.16. The van der Waals surface area contributed by atoms with Gasteiger partial charge in [0.05, 0.1) is 0 Å². The fourth-order valence-electron chi connectivity index (χ4n) is 1.16. The van der Waals surface area contributed by atoms with Crippen LogP contribution in [0.1, 0.15) is 11.7 Å². The number of rotatable bonds is 7. The Balaban J connectivity index is 2.13. The molecule has 3 amide bonds. The Hall–Kier alpha value is -2.49. The molecule has 10 nitrogen and oxygen atoms in total. The van der Waals surface area contributed by atoms with Crippen molar-refractivity contribution >= 4 is 17.9 Å². The highest BCUT2D eigenvalue weighted by Gasteiger charge is 2.09. The van der Waals surface area contributed by atoms with Crippen LogP contribution < -0.4 is 10.6 Å². The molecule has 110 valence electrons. The number of hydrogen-bond donors (Lipinski definition) is 3. The zero-order chi connectivity index (χ0) is 15.0. The van der Waals surface area contributed by atoms with Gasteiger partial charge in [-0.1, -0.05) is 5.16 Å². The summed E-state index contributed by atoms with van der Waals surface area (Å²) >= 11 is 0. The lowest BCUT2D eigenvalue weighted by Gasteiger charge is -2.05. The van der Waals surface area contributed by atoms with Gasteiger partial charge < -0.3 is 19.7 Å². The van der Waals surface area contributed by atoms with Gasteiger partial charge in [0, 0.05) is 13.0 Å². The van der Waals surface area contributed by atoms with Crippen LogP contribution in [0.4, 0.5) is 4.79 Å². The summed E-state index contributed by atoms with van der Waals surface area (Å²) in [5, 5.41) is 16.2. The van der Waals surface area contributed by atoms with Gasteiger partial charge in [-0.2, -0.15) is 4.98 Å². The third kappa shape index (κ3) is 6.44. The lowest BCUT2D eigenvalue weighted by Crippen LogP contribution is -2.42. The van der Waals surface area contributed by atoms with Crippen LogP contribution in [-0.2, 0) is 20.7 Å². The predicted octanol–water partition coefficient (Wildman–Crippen LogP) is -1.15. The highest BCUT2D eigenvalue weighted by Crippen LogP contribution is 1.95. The second kappa shape index (κ2) is 7.84. The standard InChI is InChI=1S/C10H14N4O6/c1-6-12-8(20-14-6)2-3-11-10(18)13-7(15)4-19-5-9(16)17/h2-5H2,1H3,(H,16,17)(H2,11,13,15,18). The zero-order valence-corrected chi connectivity index (χ0v) is 10.7. The number of nitrogens with zero attached hydrogens (tertiary/aromatic N) is 2. The molecule has 0 spiro atoms. The number of amides is 3. The van der Waals surface area contributed by atoms with Gasteiger partial charge >= 0.3 is 12.0 Å². The van der Waals surface area contributed by atoms with Gasteiger partial charge in [-0.25, -0.2) is 9.59 Å². The van der Waals surface area contributed by atoms with Crippen molar-refractivity contribution in [2.24, 2.45) is 0 Å². The van der Waals surface area contributed by atoms with Crippen molar-refractivity contribution < 1.29 is 28.8 Å². The molecule has 1 heterocycles. The molecule has 0 aliphatic heterocycles. The number of aromatic nitrogens is 2. The van der Waals surface area contributed by atoms with Crippen LogP contribution >= 0.6 is 0 Å². The van der Waals surface area contributed by atoms with E-state index >= 15 is 0 Å². The Morgan fingerprint density at radius 2 is 2.10 bits per heavy atom. The average molecular weight is 286 g/mol. The number of ether oxygens (including phenoxy) is 1. The first-order chi connectivity index (χ1) is 9.47. The number of urea groups is 1. The first kappa shape index (κ1) is 15.6. The van der Waals surface area contributed by atoms with Crippen LogP contribution in [0.15, 0.2) is 4.52 Å². The van der Waals surface area contributed by atoms with E-state index in [0.717, 1.165) is 0 Å². The minimum Gasteiger partial charge on any atom is -0.480 e. The number of aliphatic carboxylic acids is 1. The second-order valence-corrected chi connectivity index (χ2v) is 3.68. The van der Waals surface area contributed by atoms with Crippen molar-refractivity contribution in [3.63, 3.8) is 0 Å². The normalized spacial score (nSPS) is 10.1. The molecule has 0 aliphatic carbocycles. The monoisotopic (exact) mass is 286 g/mol. The highest BCUT2D eigenvalue weighted by molar-refractivity contribution is 5.94. The number of carbonyl (C=O) groups excluding carboxylic acids is 2. The molecule has 0 aliphatic rings. The Kier molecular flexibility index (Phi) is 6.10. The van der Waals surface area contributed by atoms with Crippen LogP contribution in [0.2, 0.25) is 0 Å². The maximum atomic E-state index is 11.3. The molecule has 20 heavy (non-hydrogen) atoms. The van der Waals surface area contributed by atoms with E-state index in [1.807, 2.05) is 5.32 Å². The Labute approximate surface area is 113 Å². The number of hydrogen-bond acceptors (Lipinski definition) is 7. The van der Waals surface area contributed by atoms with E-state index < -0.39 is 31.1 Å². The Morgan fingerprint density at radius 1 is 1.35 bits per heavy atom. The van der Waals surface area contributed by atoms with E-state index in [0.29, 0.717) is 18.1 Å². The smallest absolute Gasteiger partial charge is 0.329 e. The Bertz CT molecular complexity index is 486. The summed E-state index contributed by atoms with van der Waals surface area (Å²) in [5.41, 5.74) is 0. The summed E-state index contributed by atoms with van der Waals surface area (Å²) < 4.78 is 9.34. The van der Waals surface area contributed by atoms with Crippen LogP contribution in [-0.4, -0.2) is 52.9 Å². The van der Waals surface area contributed by atoms with E-state index in [2.05, 4.69) is 20.2 Å². The predicted molar refractivity (Wildman–Crippen MR) is 62.7 cm³/mol. The number of carboxylic acid groups (broad SMARTS) is 1. The number of carbonyl (C=O) groups is 3. The molecule has 0 saturated carbocycles. The van der Waals surface area contributed by atoms with Crippen molar-refractivity contribution in [1.82, 2.24) is 20.8 Å². The molecule has 0 aromatic carbocycles. The van der Waals surface area contributed by atoms with Gasteiger partial charge in [-0.3, -0.25) is 10.1 Å². The molecule has 10 heteroatoms. The lowest BCUT2D eigenvalue weighted by atomic mass is 10.4. The molecule has 0 atom stereocenters. The molecule has 0 saturated heterocycles. The van der Waals surface area contributed by atoms with Gasteiger partial charge in [0.1, 0.15) is 13.2 Å². The van der Waals surface area contributed by atoms with E-state index in [1.54, 1.807) is 6.92 Å². The number of nitrogens with one attached hydrogen (secondary N) is 2. The van der Waals surface area contributed by atoms with Crippen molar-refractivity contribution in [2.45, 2.75) is 13.3 Å². The number of imide groups is 1. The largest absolute Gasteiger partial charge is 0.480 e. The van der Waals surface area contributed by atoms with Crippen LogP contribution in [0.5, 0.6) is 0 Å². The zero-order valence-electron chi connectivity index (χ0n) is 10.7. The first-order valence-electron chi connectivity index (χ1n) is 5.64. The maximum Gasteiger partial charge on any atom is 0.329 e.